The van der Waals surface area contributed by atoms with Gasteiger partial charge >= 0.3 is 0 Å². The molecule has 2 nitrogen and oxygen atoms in total. The van der Waals surface area contributed by atoms with Gasteiger partial charge in [-0.05, 0) is 31.0 Å². The van der Waals surface area contributed by atoms with Gasteiger partial charge in [-0.1, -0.05) is 19.8 Å². The van der Waals surface area contributed by atoms with E-state index < -0.39 is 0 Å². The smallest absolute Gasteiger partial charge is 0.137 e. The highest BCUT2D eigenvalue weighted by molar-refractivity contribution is 5.83. The van der Waals surface area contributed by atoms with Crippen molar-refractivity contribution < 1.29 is 4.79 Å². The van der Waals surface area contributed by atoms with Crippen LogP contribution in [0.25, 0.3) is 0 Å². The van der Waals surface area contributed by atoms with Gasteiger partial charge in [0.1, 0.15) is 5.78 Å². The van der Waals surface area contributed by atoms with Crippen LogP contribution in [0.1, 0.15) is 44.6 Å². The Balaban J connectivity index is 2.73. The zero-order valence-corrected chi connectivity index (χ0v) is 8.86. The van der Waals surface area contributed by atoms with E-state index in [0.717, 1.165) is 24.8 Å². The highest BCUT2D eigenvalue weighted by Crippen LogP contribution is 2.22. The normalized spacial score (nSPS) is 12.4. The molecular weight excluding hydrogens is 174 g/mol. The van der Waals surface area contributed by atoms with Crippen molar-refractivity contribution in [2.45, 2.75) is 39.0 Å². The second-order valence-corrected chi connectivity index (χ2v) is 3.59. The molecule has 0 saturated heterocycles. The Kier molecular flexibility index (Phi) is 4.30. The Morgan fingerprint density at radius 1 is 1.43 bits per heavy atom. The van der Waals surface area contributed by atoms with Gasteiger partial charge in [-0.2, -0.15) is 0 Å². The number of carbonyl (C=O) groups excluding carboxylic acids is 1. The summed E-state index contributed by atoms with van der Waals surface area (Å²) in [6.45, 7) is 3.81. The van der Waals surface area contributed by atoms with E-state index in [2.05, 4.69) is 11.9 Å². The lowest BCUT2D eigenvalue weighted by Crippen LogP contribution is -2.08. The fraction of sp³-hybridized carbons (Fsp3) is 0.500. The van der Waals surface area contributed by atoms with E-state index in [9.17, 15) is 4.79 Å². The maximum absolute atomic E-state index is 11.4. The molecule has 1 aromatic rings. The molecule has 0 bridgehead atoms. The average Bonchev–Trinajstić information content (AvgIpc) is 2.19. The van der Waals surface area contributed by atoms with E-state index in [1.807, 2.05) is 12.1 Å². The van der Waals surface area contributed by atoms with Gasteiger partial charge in [0.2, 0.25) is 0 Å². The largest absolute Gasteiger partial charge is 0.299 e. The standard InChI is InChI=1S/C12H17NO/c1-3-4-5-12(10(2)14)11-6-8-13-9-7-11/h6-9,12H,3-5H2,1-2H3. The maximum Gasteiger partial charge on any atom is 0.137 e. The van der Waals surface area contributed by atoms with Crippen molar-refractivity contribution in [2.75, 3.05) is 0 Å². The van der Waals surface area contributed by atoms with Gasteiger partial charge < -0.3 is 0 Å². The second-order valence-electron chi connectivity index (χ2n) is 3.59. The van der Waals surface area contributed by atoms with Crippen molar-refractivity contribution in [1.82, 2.24) is 4.98 Å². The molecule has 1 rings (SSSR count). The first kappa shape index (κ1) is 10.9. The predicted molar refractivity (Wildman–Crippen MR) is 57.2 cm³/mol. The molecule has 1 heterocycles. The zero-order chi connectivity index (χ0) is 10.4. The summed E-state index contributed by atoms with van der Waals surface area (Å²) in [6, 6.07) is 3.86. The van der Waals surface area contributed by atoms with Crippen LogP contribution in [0.4, 0.5) is 0 Å². The number of hydrogen-bond acceptors (Lipinski definition) is 2. The summed E-state index contributed by atoms with van der Waals surface area (Å²) >= 11 is 0. The van der Waals surface area contributed by atoms with E-state index in [4.69, 9.17) is 0 Å². The van der Waals surface area contributed by atoms with Gasteiger partial charge in [0.25, 0.3) is 0 Å². The monoisotopic (exact) mass is 191 g/mol. The Morgan fingerprint density at radius 3 is 2.57 bits per heavy atom. The highest BCUT2D eigenvalue weighted by atomic mass is 16.1. The Labute approximate surface area is 85.4 Å². The molecule has 1 aromatic heterocycles. The van der Waals surface area contributed by atoms with Crippen molar-refractivity contribution >= 4 is 5.78 Å². The summed E-state index contributed by atoms with van der Waals surface area (Å²) in [4.78, 5) is 15.4. The molecule has 14 heavy (non-hydrogen) atoms. The molecule has 0 N–H and O–H groups in total. The van der Waals surface area contributed by atoms with E-state index in [1.54, 1.807) is 19.3 Å². The maximum atomic E-state index is 11.4. The first-order chi connectivity index (χ1) is 6.75. The van der Waals surface area contributed by atoms with Crippen LogP contribution in [0.3, 0.4) is 0 Å². The lowest BCUT2D eigenvalue weighted by atomic mass is 9.91. The lowest BCUT2D eigenvalue weighted by molar-refractivity contribution is -0.118. The molecule has 0 saturated carbocycles. The van der Waals surface area contributed by atoms with E-state index in [-0.39, 0.29) is 11.7 Å². The molecular formula is C12H17NO. The van der Waals surface area contributed by atoms with Crippen molar-refractivity contribution in [3.63, 3.8) is 0 Å². The third-order valence-corrected chi connectivity index (χ3v) is 2.45. The van der Waals surface area contributed by atoms with Crippen LogP contribution in [-0.2, 0) is 4.79 Å². The molecule has 0 aromatic carbocycles. The van der Waals surface area contributed by atoms with Crippen molar-refractivity contribution in [3.8, 4) is 0 Å². The minimum Gasteiger partial charge on any atom is -0.299 e. The molecule has 76 valence electrons. The van der Waals surface area contributed by atoms with Gasteiger partial charge in [-0.3, -0.25) is 9.78 Å². The van der Waals surface area contributed by atoms with Crippen LogP contribution < -0.4 is 0 Å². The first-order valence-electron chi connectivity index (χ1n) is 5.16. The molecule has 0 amide bonds. The van der Waals surface area contributed by atoms with Gasteiger partial charge in [-0.25, -0.2) is 0 Å². The third kappa shape index (κ3) is 2.95. The van der Waals surface area contributed by atoms with Crippen LogP contribution in [0.15, 0.2) is 24.5 Å². The number of Topliss-reactive ketones (excluding diaryl/α,β-unsaturated/α-hetero) is 1. The summed E-state index contributed by atoms with van der Waals surface area (Å²) in [5.74, 6) is 0.322. The quantitative estimate of drug-likeness (QED) is 0.716. The number of carbonyl (C=O) groups is 1. The van der Waals surface area contributed by atoms with E-state index in [0.29, 0.717) is 0 Å². The lowest BCUT2D eigenvalue weighted by Gasteiger charge is -2.12. The summed E-state index contributed by atoms with van der Waals surface area (Å²) in [7, 11) is 0. The number of aromatic nitrogens is 1. The van der Waals surface area contributed by atoms with Crippen molar-refractivity contribution in [2.24, 2.45) is 0 Å². The van der Waals surface area contributed by atoms with Crippen LogP contribution in [-0.4, -0.2) is 10.8 Å². The summed E-state index contributed by atoms with van der Waals surface area (Å²) in [6.07, 6.45) is 6.69. The molecule has 0 aliphatic carbocycles. The van der Waals surface area contributed by atoms with Gasteiger partial charge in [0.15, 0.2) is 0 Å². The molecule has 0 radical (unpaired) electrons. The molecule has 0 fully saturated rings. The van der Waals surface area contributed by atoms with Crippen molar-refractivity contribution in [1.29, 1.82) is 0 Å². The SMILES string of the molecule is CCCCC(C(C)=O)c1ccncc1. The molecule has 0 aliphatic heterocycles. The van der Waals surface area contributed by atoms with Gasteiger partial charge in [0.05, 0.1) is 0 Å². The summed E-state index contributed by atoms with van der Waals surface area (Å²) < 4.78 is 0. The topological polar surface area (TPSA) is 30.0 Å². The van der Waals surface area contributed by atoms with Gasteiger partial charge in [0, 0.05) is 18.3 Å². The fourth-order valence-electron chi connectivity index (χ4n) is 1.61. The predicted octanol–water partition coefficient (Wildman–Crippen LogP) is 2.94. The van der Waals surface area contributed by atoms with Crippen LogP contribution >= 0.6 is 0 Å². The summed E-state index contributed by atoms with van der Waals surface area (Å²) in [5, 5.41) is 0. The van der Waals surface area contributed by atoms with E-state index >= 15 is 0 Å². The Bertz CT molecular complexity index is 282. The number of rotatable bonds is 5. The number of hydrogen-bond donors (Lipinski definition) is 0. The molecule has 1 atom stereocenters. The first-order valence-corrected chi connectivity index (χ1v) is 5.16. The molecule has 1 unspecified atom stereocenters. The third-order valence-electron chi connectivity index (χ3n) is 2.45. The van der Waals surface area contributed by atoms with Crippen LogP contribution in [0.5, 0.6) is 0 Å². The van der Waals surface area contributed by atoms with Crippen LogP contribution in [0.2, 0.25) is 0 Å². The Morgan fingerprint density at radius 2 is 2.07 bits per heavy atom. The van der Waals surface area contributed by atoms with E-state index in [1.165, 1.54) is 0 Å². The second kappa shape index (κ2) is 5.53. The minimum atomic E-state index is 0.0675. The average molecular weight is 191 g/mol. The van der Waals surface area contributed by atoms with Crippen molar-refractivity contribution in [3.05, 3.63) is 30.1 Å². The molecule has 2 heteroatoms. The fourth-order valence-corrected chi connectivity index (χ4v) is 1.61. The number of unbranched alkanes of at least 4 members (excludes halogenated alkanes) is 1. The highest BCUT2D eigenvalue weighted by Gasteiger charge is 2.15. The number of nitrogens with zero attached hydrogens (tertiary/aromatic N) is 1. The minimum absolute atomic E-state index is 0.0675. The van der Waals surface area contributed by atoms with Crippen LogP contribution in [0, 0.1) is 0 Å². The number of pyridine rings is 1. The number of ketones is 1. The molecule has 0 spiro atoms. The van der Waals surface area contributed by atoms with Gasteiger partial charge in [-0.15, -0.1) is 0 Å². The summed E-state index contributed by atoms with van der Waals surface area (Å²) in [5.41, 5.74) is 1.10. The molecule has 0 aliphatic rings. The zero-order valence-electron chi connectivity index (χ0n) is 8.86. The Hall–Kier alpha value is -1.18.